The second-order valence-electron chi connectivity index (χ2n) is 10.1. The highest BCUT2D eigenvalue weighted by molar-refractivity contribution is 5.83. The first-order chi connectivity index (χ1) is 16.2. The fraction of sp³-hybridized carbons (Fsp3) is 0.444. The number of nitrogens with zero attached hydrogens (tertiary/aromatic N) is 1. The first-order valence-electron chi connectivity index (χ1n) is 11.8. The average Bonchev–Trinajstić information content (AvgIpc) is 3.50. The Morgan fingerprint density at radius 3 is 2.18 bits per heavy atom. The van der Waals surface area contributed by atoms with Crippen molar-refractivity contribution in [2.45, 2.75) is 45.1 Å². The Bertz CT molecular complexity index is 1040. The number of benzene rings is 2. The van der Waals surface area contributed by atoms with E-state index in [9.17, 15) is 14.4 Å². The molecule has 2 aromatic rings. The third-order valence-corrected chi connectivity index (χ3v) is 6.72. The van der Waals surface area contributed by atoms with E-state index in [-0.39, 0.29) is 43.2 Å². The molecule has 0 aromatic heterocycles. The smallest absolute Gasteiger partial charge is 0.407 e. The molecule has 4 rings (SSSR count). The van der Waals surface area contributed by atoms with E-state index in [1.807, 2.05) is 45.0 Å². The summed E-state index contributed by atoms with van der Waals surface area (Å²) in [4.78, 5) is 38.0. The van der Waals surface area contributed by atoms with Crippen LogP contribution in [0.15, 0.2) is 48.5 Å². The standard InChI is InChI=1S/C27H32N2O5/c1-27(2,3)29(13-12-24(30)31)25(32)22-14-17(22)15-28-26(33)34-16-23-20-10-6-4-8-18(20)19-9-5-7-11-21(19)23/h4-11,17,22-23H,12-16H2,1-3H3,(H,28,33)(H,30,31)/t17-,22-/m1/s1. The zero-order valence-corrected chi connectivity index (χ0v) is 19.9. The number of fused-ring (bicyclic) bond motifs is 3. The van der Waals surface area contributed by atoms with Crippen LogP contribution in [0.25, 0.3) is 11.1 Å². The maximum atomic E-state index is 12.9. The first-order valence-corrected chi connectivity index (χ1v) is 11.8. The third-order valence-electron chi connectivity index (χ3n) is 6.72. The van der Waals surface area contributed by atoms with Crippen LogP contribution >= 0.6 is 0 Å². The van der Waals surface area contributed by atoms with Crippen molar-refractivity contribution in [2.24, 2.45) is 11.8 Å². The molecule has 2 aromatic carbocycles. The van der Waals surface area contributed by atoms with Gasteiger partial charge >= 0.3 is 12.1 Å². The lowest BCUT2D eigenvalue weighted by Gasteiger charge is -2.35. The van der Waals surface area contributed by atoms with Gasteiger partial charge in [0.15, 0.2) is 0 Å². The number of alkyl carbamates (subject to hydrolysis) is 1. The minimum absolute atomic E-state index is 0.00276. The van der Waals surface area contributed by atoms with Gasteiger partial charge in [-0.3, -0.25) is 9.59 Å². The molecule has 0 radical (unpaired) electrons. The Morgan fingerprint density at radius 1 is 1.03 bits per heavy atom. The molecule has 0 saturated heterocycles. The summed E-state index contributed by atoms with van der Waals surface area (Å²) in [6.07, 6.45) is 0.110. The van der Waals surface area contributed by atoms with Crippen molar-refractivity contribution in [3.8, 4) is 11.1 Å². The number of carbonyl (C=O) groups excluding carboxylic acids is 2. The van der Waals surface area contributed by atoms with E-state index in [2.05, 4.69) is 29.6 Å². The van der Waals surface area contributed by atoms with Crippen LogP contribution in [0.5, 0.6) is 0 Å². The lowest BCUT2D eigenvalue weighted by molar-refractivity contribution is -0.141. The molecule has 0 bridgehead atoms. The van der Waals surface area contributed by atoms with Crippen LogP contribution < -0.4 is 5.32 Å². The third kappa shape index (κ3) is 5.08. The molecule has 2 amide bonds. The molecule has 0 spiro atoms. The molecular weight excluding hydrogens is 432 g/mol. The predicted molar refractivity (Wildman–Crippen MR) is 128 cm³/mol. The molecule has 34 heavy (non-hydrogen) atoms. The summed E-state index contributed by atoms with van der Waals surface area (Å²) in [5.41, 5.74) is 4.22. The number of nitrogens with one attached hydrogen (secondary N) is 1. The summed E-state index contributed by atoms with van der Waals surface area (Å²) < 4.78 is 5.57. The molecule has 2 aliphatic carbocycles. The van der Waals surface area contributed by atoms with Crippen LogP contribution in [0.2, 0.25) is 0 Å². The number of hydrogen-bond donors (Lipinski definition) is 2. The van der Waals surface area contributed by atoms with E-state index >= 15 is 0 Å². The van der Waals surface area contributed by atoms with Gasteiger partial charge < -0.3 is 20.1 Å². The van der Waals surface area contributed by atoms with Gasteiger partial charge in [0.1, 0.15) is 6.61 Å². The number of ether oxygens (including phenoxy) is 1. The molecule has 1 fully saturated rings. The van der Waals surface area contributed by atoms with Crippen molar-refractivity contribution in [3.05, 3.63) is 59.7 Å². The van der Waals surface area contributed by atoms with Crippen LogP contribution in [0, 0.1) is 11.8 Å². The van der Waals surface area contributed by atoms with Crippen molar-refractivity contribution in [2.75, 3.05) is 19.7 Å². The molecule has 0 unspecified atom stereocenters. The van der Waals surface area contributed by atoms with E-state index in [0.29, 0.717) is 13.0 Å². The maximum Gasteiger partial charge on any atom is 0.407 e. The molecule has 180 valence electrons. The van der Waals surface area contributed by atoms with Crippen molar-refractivity contribution in [1.82, 2.24) is 10.2 Å². The predicted octanol–water partition coefficient (Wildman–Crippen LogP) is 4.26. The van der Waals surface area contributed by atoms with Crippen molar-refractivity contribution >= 4 is 18.0 Å². The minimum atomic E-state index is -0.925. The molecule has 7 nitrogen and oxygen atoms in total. The number of carboxylic acids is 1. The van der Waals surface area contributed by atoms with E-state index in [1.165, 1.54) is 11.1 Å². The summed E-state index contributed by atoms with van der Waals surface area (Å²) in [5, 5.41) is 11.8. The van der Waals surface area contributed by atoms with Crippen molar-refractivity contribution in [3.63, 3.8) is 0 Å². The van der Waals surface area contributed by atoms with Crippen LogP contribution in [0.3, 0.4) is 0 Å². The largest absolute Gasteiger partial charge is 0.481 e. The molecule has 2 atom stereocenters. The van der Waals surface area contributed by atoms with E-state index < -0.39 is 17.6 Å². The topological polar surface area (TPSA) is 95.9 Å². The zero-order chi connectivity index (χ0) is 24.5. The van der Waals surface area contributed by atoms with Crippen LogP contribution in [0.1, 0.15) is 50.7 Å². The van der Waals surface area contributed by atoms with Gasteiger partial charge in [0.25, 0.3) is 0 Å². The molecule has 0 aliphatic heterocycles. The Kier molecular flexibility index (Phi) is 6.64. The van der Waals surface area contributed by atoms with E-state index in [1.54, 1.807) is 4.90 Å². The monoisotopic (exact) mass is 464 g/mol. The van der Waals surface area contributed by atoms with Gasteiger partial charge in [-0.25, -0.2) is 4.79 Å². The lowest BCUT2D eigenvalue weighted by atomic mass is 9.98. The second-order valence-corrected chi connectivity index (χ2v) is 10.1. The number of rotatable bonds is 8. The number of carboxylic acid groups (broad SMARTS) is 1. The average molecular weight is 465 g/mol. The van der Waals surface area contributed by atoms with E-state index in [4.69, 9.17) is 9.84 Å². The summed E-state index contributed by atoms with van der Waals surface area (Å²) in [5.74, 6) is -1.12. The van der Waals surface area contributed by atoms with Crippen molar-refractivity contribution in [1.29, 1.82) is 0 Å². The number of carbonyl (C=O) groups is 3. The van der Waals surface area contributed by atoms with Gasteiger partial charge in [-0.15, -0.1) is 0 Å². The second kappa shape index (κ2) is 9.49. The Morgan fingerprint density at radius 2 is 1.62 bits per heavy atom. The fourth-order valence-electron chi connectivity index (χ4n) is 4.82. The Labute approximate surface area is 200 Å². The molecule has 7 heteroatoms. The maximum absolute atomic E-state index is 12.9. The summed E-state index contributed by atoms with van der Waals surface area (Å²) in [6.45, 7) is 6.50. The molecule has 0 heterocycles. The summed E-state index contributed by atoms with van der Waals surface area (Å²) in [6, 6.07) is 16.4. The van der Waals surface area contributed by atoms with Crippen LogP contribution in [-0.2, 0) is 14.3 Å². The number of aliphatic carboxylic acids is 1. The molecular formula is C27H32N2O5. The van der Waals surface area contributed by atoms with Crippen LogP contribution in [-0.4, -0.2) is 53.2 Å². The lowest BCUT2D eigenvalue weighted by Crippen LogP contribution is -2.47. The molecule has 1 saturated carbocycles. The van der Waals surface area contributed by atoms with Gasteiger partial charge in [-0.1, -0.05) is 48.5 Å². The highest BCUT2D eigenvalue weighted by Crippen LogP contribution is 2.44. The van der Waals surface area contributed by atoms with Crippen LogP contribution in [0.4, 0.5) is 4.79 Å². The molecule has 2 aliphatic rings. The number of amides is 2. The fourth-order valence-corrected chi connectivity index (χ4v) is 4.82. The summed E-state index contributed by atoms with van der Waals surface area (Å²) >= 11 is 0. The zero-order valence-electron chi connectivity index (χ0n) is 19.9. The van der Waals surface area contributed by atoms with Gasteiger partial charge in [0.05, 0.1) is 6.42 Å². The highest BCUT2D eigenvalue weighted by atomic mass is 16.5. The normalized spacial score (nSPS) is 18.6. The van der Waals surface area contributed by atoms with Gasteiger partial charge in [0, 0.05) is 30.5 Å². The quantitative estimate of drug-likeness (QED) is 0.609. The summed E-state index contributed by atoms with van der Waals surface area (Å²) in [7, 11) is 0. The first kappa shape index (κ1) is 23.8. The SMILES string of the molecule is CC(C)(C)N(CCC(=O)O)C(=O)[C@@H]1C[C@@H]1CNC(=O)OCC1c2ccccc2-c2ccccc21. The van der Waals surface area contributed by atoms with Crippen molar-refractivity contribution < 1.29 is 24.2 Å². The molecule has 2 N–H and O–H groups in total. The highest BCUT2D eigenvalue weighted by Gasteiger charge is 2.46. The van der Waals surface area contributed by atoms with Gasteiger partial charge in [-0.05, 0) is 55.4 Å². The minimum Gasteiger partial charge on any atom is -0.481 e. The Balaban J connectivity index is 1.28. The number of hydrogen-bond acceptors (Lipinski definition) is 4. The Hall–Kier alpha value is -3.35. The van der Waals surface area contributed by atoms with Gasteiger partial charge in [-0.2, -0.15) is 0 Å². The van der Waals surface area contributed by atoms with Gasteiger partial charge in [0.2, 0.25) is 5.91 Å². The van der Waals surface area contributed by atoms with E-state index in [0.717, 1.165) is 11.1 Å².